The third-order valence-electron chi connectivity index (χ3n) is 2.03. The van der Waals surface area contributed by atoms with Crippen LogP contribution in [0.5, 0.6) is 5.75 Å². The van der Waals surface area contributed by atoms with Gasteiger partial charge < -0.3 is 9.47 Å². The Kier molecular flexibility index (Phi) is 2.00. The molecule has 0 radical (unpaired) electrons. The Balaban J connectivity index is 2.42. The molecular weight excluding hydrogens is 152 g/mol. The van der Waals surface area contributed by atoms with Crippen molar-refractivity contribution < 1.29 is 9.47 Å². The van der Waals surface area contributed by atoms with Gasteiger partial charge >= 0.3 is 0 Å². The topological polar surface area (TPSA) is 18.5 Å². The van der Waals surface area contributed by atoms with E-state index in [2.05, 4.69) is 13.0 Å². The normalized spacial score (nSPS) is 16.1. The van der Waals surface area contributed by atoms with E-state index >= 15 is 0 Å². The van der Waals surface area contributed by atoms with Crippen LogP contribution in [0, 0.1) is 6.92 Å². The Morgan fingerprint density at radius 2 is 2.17 bits per heavy atom. The molecule has 0 bridgehead atoms. The standard InChI is InChI=1S/C10H12O2/c1-8-3-2-4-9-7-11-5-6-12-10(8)9/h2-4H,5-7H2,1H3. The molecule has 1 heterocycles. The molecule has 12 heavy (non-hydrogen) atoms. The van der Waals surface area contributed by atoms with Crippen molar-refractivity contribution >= 4 is 0 Å². The molecule has 1 aromatic rings. The predicted molar refractivity (Wildman–Crippen MR) is 46.3 cm³/mol. The van der Waals surface area contributed by atoms with Crippen molar-refractivity contribution in [3.05, 3.63) is 29.3 Å². The summed E-state index contributed by atoms with van der Waals surface area (Å²) < 4.78 is 10.9. The Hall–Kier alpha value is -1.02. The number of hydrogen-bond donors (Lipinski definition) is 0. The zero-order chi connectivity index (χ0) is 8.39. The van der Waals surface area contributed by atoms with E-state index < -0.39 is 0 Å². The fourth-order valence-electron chi connectivity index (χ4n) is 1.42. The highest BCUT2D eigenvalue weighted by Crippen LogP contribution is 2.25. The molecule has 0 N–H and O–H groups in total. The Morgan fingerprint density at radius 3 is 3.08 bits per heavy atom. The van der Waals surface area contributed by atoms with E-state index in [-0.39, 0.29) is 0 Å². The van der Waals surface area contributed by atoms with Crippen LogP contribution >= 0.6 is 0 Å². The van der Waals surface area contributed by atoms with Crippen molar-refractivity contribution in [2.24, 2.45) is 0 Å². The van der Waals surface area contributed by atoms with Gasteiger partial charge in [-0.25, -0.2) is 0 Å². The van der Waals surface area contributed by atoms with Crippen molar-refractivity contribution in [1.82, 2.24) is 0 Å². The molecule has 0 spiro atoms. The van der Waals surface area contributed by atoms with Crippen molar-refractivity contribution in [1.29, 1.82) is 0 Å². The number of fused-ring (bicyclic) bond motifs is 1. The second kappa shape index (κ2) is 3.15. The molecule has 0 saturated heterocycles. The Labute approximate surface area is 72.1 Å². The zero-order valence-electron chi connectivity index (χ0n) is 7.17. The van der Waals surface area contributed by atoms with Crippen LogP contribution in [0.3, 0.4) is 0 Å². The number of benzene rings is 1. The van der Waals surface area contributed by atoms with E-state index in [1.165, 1.54) is 5.56 Å². The summed E-state index contributed by atoms with van der Waals surface area (Å²) in [6, 6.07) is 6.14. The molecule has 0 amide bonds. The summed E-state index contributed by atoms with van der Waals surface area (Å²) >= 11 is 0. The van der Waals surface area contributed by atoms with Crippen LogP contribution < -0.4 is 4.74 Å². The van der Waals surface area contributed by atoms with E-state index in [0.29, 0.717) is 19.8 Å². The van der Waals surface area contributed by atoms with Crippen molar-refractivity contribution in [2.45, 2.75) is 13.5 Å². The smallest absolute Gasteiger partial charge is 0.127 e. The fraction of sp³-hybridized carbons (Fsp3) is 0.400. The lowest BCUT2D eigenvalue weighted by Gasteiger charge is -2.07. The molecule has 64 valence electrons. The molecule has 0 atom stereocenters. The van der Waals surface area contributed by atoms with Crippen LogP contribution in [0.25, 0.3) is 0 Å². The molecule has 2 nitrogen and oxygen atoms in total. The van der Waals surface area contributed by atoms with Gasteiger partial charge in [0.25, 0.3) is 0 Å². The quantitative estimate of drug-likeness (QED) is 0.583. The molecule has 0 fully saturated rings. The molecule has 1 aliphatic rings. The predicted octanol–water partition coefficient (Wildman–Crippen LogP) is 1.90. The van der Waals surface area contributed by atoms with Gasteiger partial charge in [-0.05, 0) is 12.5 Å². The van der Waals surface area contributed by atoms with Crippen molar-refractivity contribution in [2.75, 3.05) is 13.2 Å². The fourth-order valence-corrected chi connectivity index (χ4v) is 1.42. The highest BCUT2D eigenvalue weighted by atomic mass is 16.5. The summed E-state index contributed by atoms with van der Waals surface area (Å²) in [6.45, 7) is 4.09. The highest BCUT2D eigenvalue weighted by Gasteiger charge is 2.09. The van der Waals surface area contributed by atoms with Crippen LogP contribution in [-0.4, -0.2) is 13.2 Å². The van der Waals surface area contributed by atoms with Gasteiger partial charge in [0.2, 0.25) is 0 Å². The molecule has 0 aliphatic carbocycles. The summed E-state index contributed by atoms with van der Waals surface area (Å²) in [5, 5.41) is 0. The summed E-state index contributed by atoms with van der Waals surface area (Å²) in [4.78, 5) is 0. The van der Waals surface area contributed by atoms with E-state index in [1.54, 1.807) is 0 Å². The molecule has 1 aliphatic heterocycles. The average Bonchev–Trinajstić information content (AvgIpc) is 2.30. The van der Waals surface area contributed by atoms with Gasteiger partial charge in [0.15, 0.2) is 0 Å². The van der Waals surface area contributed by atoms with Gasteiger partial charge in [-0.1, -0.05) is 18.2 Å². The number of hydrogen-bond acceptors (Lipinski definition) is 2. The molecule has 0 aromatic heterocycles. The lowest BCUT2D eigenvalue weighted by atomic mass is 10.1. The summed E-state index contributed by atoms with van der Waals surface area (Å²) in [7, 11) is 0. The minimum Gasteiger partial charge on any atom is -0.491 e. The van der Waals surface area contributed by atoms with Crippen LogP contribution in [0.1, 0.15) is 11.1 Å². The first-order valence-corrected chi connectivity index (χ1v) is 4.17. The van der Waals surface area contributed by atoms with Gasteiger partial charge in [0.1, 0.15) is 12.4 Å². The first kappa shape index (κ1) is 7.62. The second-order valence-corrected chi connectivity index (χ2v) is 2.96. The van der Waals surface area contributed by atoms with Gasteiger partial charge in [0.05, 0.1) is 13.2 Å². The third kappa shape index (κ3) is 1.30. The first-order valence-electron chi connectivity index (χ1n) is 4.17. The van der Waals surface area contributed by atoms with Crippen molar-refractivity contribution in [3.63, 3.8) is 0 Å². The highest BCUT2D eigenvalue weighted by molar-refractivity contribution is 5.40. The number of aryl methyl sites for hydroxylation is 1. The molecule has 0 saturated carbocycles. The van der Waals surface area contributed by atoms with E-state index in [9.17, 15) is 0 Å². The maximum atomic E-state index is 5.55. The number of ether oxygens (including phenoxy) is 2. The van der Waals surface area contributed by atoms with E-state index in [4.69, 9.17) is 9.47 Å². The maximum absolute atomic E-state index is 5.55. The van der Waals surface area contributed by atoms with Crippen molar-refractivity contribution in [3.8, 4) is 5.75 Å². The largest absolute Gasteiger partial charge is 0.491 e. The van der Waals surface area contributed by atoms with E-state index in [1.807, 2.05) is 12.1 Å². The van der Waals surface area contributed by atoms with E-state index in [0.717, 1.165) is 11.3 Å². The minimum absolute atomic E-state index is 0.665. The maximum Gasteiger partial charge on any atom is 0.127 e. The summed E-state index contributed by atoms with van der Waals surface area (Å²) in [6.07, 6.45) is 0. The Morgan fingerprint density at radius 1 is 1.25 bits per heavy atom. The SMILES string of the molecule is Cc1cccc2c1OCCOC2. The number of para-hydroxylation sites is 1. The van der Waals surface area contributed by atoms with Gasteiger partial charge in [-0.15, -0.1) is 0 Å². The summed E-state index contributed by atoms with van der Waals surface area (Å²) in [5.74, 6) is 1.01. The third-order valence-corrected chi connectivity index (χ3v) is 2.03. The molecule has 1 aromatic carbocycles. The van der Waals surface area contributed by atoms with Gasteiger partial charge in [0, 0.05) is 5.56 Å². The lowest BCUT2D eigenvalue weighted by Crippen LogP contribution is -2.01. The minimum atomic E-state index is 0.665. The number of rotatable bonds is 0. The van der Waals surface area contributed by atoms with Gasteiger partial charge in [-0.3, -0.25) is 0 Å². The molecule has 0 unspecified atom stereocenters. The molecule has 2 rings (SSSR count). The van der Waals surface area contributed by atoms with Crippen LogP contribution in [0.2, 0.25) is 0 Å². The monoisotopic (exact) mass is 164 g/mol. The summed E-state index contributed by atoms with van der Waals surface area (Å²) in [5.41, 5.74) is 2.35. The average molecular weight is 164 g/mol. The first-order chi connectivity index (χ1) is 5.88. The van der Waals surface area contributed by atoms with Crippen LogP contribution in [0.15, 0.2) is 18.2 Å². The Bertz CT molecular complexity index is 281. The zero-order valence-corrected chi connectivity index (χ0v) is 7.17. The van der Waals surface area contributed by atoms with Gasteiger partial charge in [-0.2, -0.15) is 0 Å². The second-order valence-electron chi connectivity index (χ2n) is 2.96. The molecule has 2 heteroatoms. The lowest BCUT2D eigenvalue weighted by molar-refractivity contribution is 0.107. The molecular formula is C10H12O2. The van der Waals surface area contributed by atoms with Crippen LogP contribution in [-0.2, 0) is 11.3 Å². The van der Waals surface area contributed by atoms with Crippen LogP contribution in [0.4, 0.5) is 0 Å².